The first-order valence-electron chi connectivity index (χ1n) is 6.46. The van der Waals surface area contributed by atoms with Crippen molar-refractivity contribution >= 4 is 10.8 Å². The van der Waals surface area contributed by atoms with Gasteiger partial charge < -0.3 is 4.74 Å². The van der Waals surface area contributed by atoms with Crippen LogP contribution in [-0.4, -0.2) is 11.3 Å². The first-order valence-corrected chi connectivity index (χ1v) is 7.84. The van der Waals surface area contributed by atoms with Crippen LogP contribution in [0.1, 0.15) is 23.3 Å². The fourth-order valence-electron chi connectivity index (χ4n) is 1.97. The molecule has 0 amide bonds. The van der Waals surface area contributed by atoms with Crippen LogP contribution in [0.3, 0.4) is 0 Å². The van der Waals surface area contributed by atoms with Crippen LogP contribution in [0.5, 0.6) is 5.75 Å². The van der Waals surface area contributed by atoms with E-state index in [-0.39, 0.29) is 22.6 Å². The SMILES string of the molecule is COc1ccc(C[S@](=O)[C@@H](C)c2ccc(F)cc2)cc1F. The molecule has 0 aromatic heterocycles. The van der Waals surface area contributed by atoms with Gasteiger partial charge in [0.2, 0.25) is 0 Å². The fourth-order valence-corrected chi connectivity index (χ4v) is 3.19. The molecule has 0 unspecified atom stereocenters. The van der Waals surface area contributed by atoms with E-state index in [9.17, 15) is 13.0 Å². The summed E-state index contributed by atoms with van der Waals surface area (Å²) in [6.45, 7) is 1.81. The van der Waals surface area contributed by atoms with E-state index in [1.165, 1.54) is 31.4 Å². The number of methoxy groups -OCH3 is 1. The van der Waals surface area contributed by atoms with Crippen LogP contribution in [0.15, 0.2) is 42.5 Å². The quantitative estimate of drug-likeness (QED) is 0.835. The number of hydrogen-bond acceptors (Lipinski definition) is 2. The minimum atomic E-state index is -1.22. The molecule has 112 valence electrons. The molecule has 0 bridgehead atoms. The van der Waals surface area contributed by atoms with E-state index >= 15 is 0 Å². The lowest BCUT2D eigenvalue weighted by atomic mass is 10.2. The summed E-state index contributed by atoms with van der Waals surface area (Å²) in [4.78, 5) is 0. The van der Waals surface area contributed by atoms with E-state index in [1.807, 2.05) is 6.92 Å². The Hall–Kier alpha value is -1.75. The lowest BCUT2D eigenvalue weighted by molar-refractivity contribution is 0.386. The van der Waals surface area contributed by atoms with Crippen LogP contribution >= 0.6 is 0 Å². The van der Waals surface area contributed by atoms with Gasteiger partial charge >= 0.3 is 0 Å². The lowest BCUT2D eigenvalue weighted by Crippen LogP contribution is -2.06. The number of halogens is 2. The van der Waals surface area contributed by atoms with Crippen LogP contribution < -0.4 is 4.74 Å². The maximum Gasteiger partial charge on any atom is 0.165 e. The molecule has 2 nitrogen and oxygen atoms in total. The van der Waals surface area contributed by atoms with Crippen molar-refractivity contribution < 1.29 is 17.7 Å². The minimum Gasteiger partial charge on any atom is -0.494 e. The van der Waals surface area contributed by atoms with E-state index in [0.29, 0.717) is 5.56 Å². The first-order chi connectivity index (χ1) is 10.0. The van der Waals surface area contributed by atoms with Gasteiger partial charge in [0.1, 0.15) is 5.82 Å². The van der Waals surface area contributed by atoms with E-state index in [0.717, 1.165) is 5.56 Å². The van der Waals surface area contributed by atoms with Crippen molar-refractivity contribution in [3.63, 3.8) is 0 Å². The monoisotopic (exact) mass is 310 g/mol. The summed E-state index contributed by atoms with van der Waals surface area (Å²) in [5.74, 6) is -0.397. The molecule has 0 fully saturated rings. The van der Waals surface area contributed by atoms with Crippen LogP contribution in [0, 0.1) is 11.6 Å². The van der Waals surface area contributed by atoms with Gasteiger partial charge in [-0.3, -0.25) is 4.21 Å². The minimum absolute atomic E-state index is 0.163. The van der Waals surface area contributed by atoms with Crippen molar-refractivity contribution in [2.75, 3.05) is 7.11 Å². The average molecular weight is 310 g/mol. The molecule has 0 aliphatic rings. The Morgan fingerprint density at radius 3 is 2.38 bits per heavy atom. The summed E-state index contributed by atoms with van der Waals surface area (Å²) in [5.41, 5.74) is 1.43. The highest BCUT2D eigenvalue weighted by Gasteiger charge is 2.15. The molecule has 21 heavy (non-hydrogen) atoms. The zero-order valence-electron chi connectivity index (χ0n) is 11.8. The number of ether oxygens (including phenoxy) is 1. The second-order valence-corrected chi connectivity index (χ2v) is 6.45. The smallest absolute Gasteiger partial charge is 0.165 e. The van der Waals surface area contributed by atoms with Crippen LogP contribution in [-0.2, 0) is 16.6 Å². The predicted molar refractivity (Wildman–Crippen MR) is 79.6 cm³/mol. The summed E-state index contributed by atoms with van der Waals surface area (Å²) in [7, 11) is 0.176. The Morgan fingerprint density at radius 2 is 1.81 bits per heavy atom. The molecular formula is C16H16F2O2S. The summed E-state index contributed by atoms with van der Waals surface area (Å²) in [6, 6.07) is 10.5. The molecule has 2 aromatic rings. The molecule has 0 N–H and O–H groups in total. The summed E-state index contributed by atoms with van der Waals surface area (Å²) < 4.78 is 43.7. The van der Waals surface area contributed by atoms with E-state index < -0.39 is 16.6 Å². The van der Waals surface area contributed by atoms with Gasteiger partial charge in [-0.2, -0.15) is 0 Å². The second-order valence-electron chi connectivity index (χ2n) is 4.69. The third kappa shape index (κ3) is 3.88. The van der Waals surface area contributed by atoms with Gasteiger partial charge in [0.05, 0.1) is 12.4 Å². The van der Waals surface area contributed by atoms with Crippen molar-refractivity contribution in [1.82, 2.24) is 0 Å². The summed E-state index contributed by atoms with van der Waals surface area (Å²) in [5, 5.41) is -0.254. The van der Waals surface area contributed by atoms with E-state index in [1.54, 1.807) is 18.2 Å². The van der Waals surface area contributed by atoms with Crippen LogP contribution in [0.4, 0.5) is 8.78 Å². The molecule has 0 saturated heterocycles. The molecule has 0 aliphatic carbocycles. The molecule has 2 atom stereocenters. The van der Waals surface area contributed by atoms with Gasteiger partial charge in [-0.05, 0) is 42.3 Å². The molecule has 5 heteroatoms. The van der Waals surface area contributed by atoms with Crippen molar-refractivity contribution in [1.29, 1.82) is 0 Å². The van der Waals surface area contributed by atoms with Crippen LogP contribution in [0.2, 0.25) is 0 Å². The molecule has 0 heterocycles. The Bertz CT molecular complexity index is 641. The maximum absolute atomic E-state index is 13.6. The Morgan fingerprint density at radius 1 is 1.14 bits per heavy atom. The highest BCUT2D eigenvalue weighted by atomic mass is 32.2. The maximum atomic E-state index is 13.6. The Kier molecular flexibility index (Phi) is 5.07. The second kappa shape index (κ2) is 6.80. The molecule has 0 spiro atoms. The molecule has 0 saturated carbocycles. The molecule has 2 aromatic carbocycles. The molecule has 0 aliphatic heterocycles. The predicted octanol–water partition coefficient (Wildman–Crippen LogP) is 3.98. The summed E-state index contributed by atoms with van der Waals surface area (Å²) in [6.07, 6.45) is 0. The number of benzene rings is 2. The fraction of sp³-hybridized carbons (Fsp3) is 0.250. The van der Waals surface area contributed by atoms with Crippen LogP contribution in [0.25, 0.3) is 0 Å². The highest BCUT2D eigenvalue weighted by molar-refractivity contribution is 7.84. The molecular weight excluding hydrogens is 294 g/mol. The van der Waals surface area contributed by atoms with E-state index in [4.69, 9.17) is 4.74 Å². The highest BCUT2D eigenvalue weighted by Crippen LogP contribution is 2.24. The standard InChI is InChI=1S/C16H16F2O2S/c1-11(13-4-6-14(17)7-5-13)21(19)10-12-3-8-16(20-2)15(18)9-12/h3-9,11H,10H2,1-2H3/t11-,21-/m0/s1. The van der Waals surface area contributed by atoms with Gasteiger partial charge in [0.25, 0.3) is 0 Å². The molecule has 0 radical (unpaired) electrons. The average Bonchev–Trinajstić information content (AvgIpc) is 2.47. The van der Waals surface area contributed by atoms with Gasteiger partial charge in [0.15, 0.2) is 11.6 Å². The van der Waals surface area contributed by atoms with Crippen molar-refractivity contribution in [3.8, 4) is 5.75 Å². The van der Waals surface area contributed by atoms with Crippen molar-refractivity contribution in [3.05, 3.63) is 65.2 Å². The zero-order chi connectivity index (χ0) is 15.4. The van der Waals surface area contributed by atoms with Crippen molar-refractivity contribution in [2.24, 2.45) is 0 Å². The van der Waals surface area contributed by atoms with Gasteiger partial charge in [-0.15, -0.1) is 0 Å². The van der Waals surface area contributed by atoms with Crippen molar-refractivity contribution in [2.45, 2.75) is 17.9 Å². The third-order valence-corrected chi connectivity index (χ3v) is 4.94. The third-order valence-electron chi connectivity index (χ3n) is 3.26. The largest absolute Gasteiger partial charge is 0.494 e. The normalized spacial score (nSPS) is 13.7. The number of hydrogen-bond donors (Lipinski definition) is 0. The zero-order valence-corrected chi connectivity index (χ0v) is 12.6. The number of rotatable bonds is 5. The summed E-state index contributed by atoms with van der Waals surface area (Å²) >= 11 is 0. The molecule has 2 rings (SSSR count). The Balaban J connectivity index is 2.10. The first kappa shape index (κ1) is 15.6. The van der Waals surface area contributed by atoms with Gasteiger partial charge in [-0.25, -0.2) is 8.78 Å². The van der Waals surface area contributed by atoms with Gasteiger partial charge in [-0.1, -0.05) is 18.2 Å². The Labute approximate surface area is 125 Å². The van der Waals surface area contributed by atoms with E-state index in [2.05, 4.69) is 0 Å². The topological polar surface area (TPSA) is 26.3 Å². The lowest BCUT2D eigenvalue weighted by Gasteiger charge is -2.12. The van der Waals surface area contributed by atoms with Gasteiger partial charge in [0, 0.05) is 16.6 Å².